The topological polar surface area (TPSA) is 79.2 Å². The number of amides is 1. The summed E-state index contributed by atoms with van der Waals surface area (Å²) in [5, 5.41) is 12.5. The van der Waals surface area contributed by atoms with E-state index in [1.165, 1.54) is 16.2 Å². The van der Waals surface area contributed by atoms with E-state index >= 15 is 0 Å². The van der Waals surface area contributed by atoms with E-state index in [-0.39, 0.29) is 24.4 Å². The Hall–Kier alpha value is -1.87. The Bertz CT molecular complexity index is 644. The zero-order valence-electron chi connectivity index (χ0n) is 11.8. The Kier molecular flexibility index (Phi) is 3.68. The maximum atomic E-state index is 11.8. The molecule has 1 heterocycles. The third kappa shape index (κ3) is 2.79. The fraction of sp³-hybridized carbons (Fsp3) is 0.533. The number of anilines is 1. The zero-order valence-corrected chi connectivity index (χ0v) is 12.6. The molecule has 21 heavy (non-hydrogen) atoms. The number of nitrogens with one attached hydrogen (secondary N) is 1. The van der Waals surface area contributed by atoms with Gasteiger partial charge in [0.25, 0.3) is 5.91 Å². The number of rotatable bonds is 4. The van der Waals surface area contributed by atoms with Crippen LogP contribution in [0, 0.1) is 23.2 Å². The van der Waals surface area contributed by atoms with Crippen molar-refractivity contribution in [2.24, 2.45) is 11.8 Å². The van der Waals surface area contributed by atoms with E-state index in [4.69, 9.17) is 4.74 Å². The fourth-order valence-corrected chi connectivity index (χ4v) is 3.92. The van der Waals surface area contributed by atoms with Crippen LogP contribution in [0.2, 0.25) is 0 Å². The van der Waals surface area contributed by atoms with E-state index in [0.29, 0.717) is 16.5 Å². The third-order valence-corrected chi connectivity index (χ3v) is 5.25. The van der Waals surface area contributed by atoms with Crippen molar-refractivity contribution in [1.82, 2.24) is 0 Å². The molecule has 0 radical (unpaired) electrons. The Morgan fingerprint density at radius 3 is 2.90 bits per heavy atom. The maximum absolute atomic E-state index is 11.8. The van der Waals surface area contributed by atoms with Gasteiger partial charge >= 0.3 is 5.97 Å². The molecular formula is C15H16N2O3S. The molecule has 1 N–H and O–H groups in total. The Morgan fingerprint density at radius 1 is 1.48 bits per heavy atom. The number of hydrogen-bond acceptors (Lipinski definition) is 5. The molecule has 0 aliphatic heterocycles. The van der Waals surface area contributed by atoms with E-state index in [1.54, 1.807) is 0 Å². The number of aryl methyl sites for hydroxylation is 1. The fourth-order valence-electron chi connectivity index (χ4n) is 2.67. The molecule has 1 amide bonds. The van der Waals surface area contributed by atoms with Gasteiger partial charge in [-0.1, -0.05) is 6.92 Å². The second-order valence-electron chi connectivity index (χ2n) is 5.65. The Morgan fingerprint density at radius 2 is 2.24 bits per heavy atom. The van der Waals surface area contributed by atoms with Crippen molar-refractivity contribution in [3.63, 3.8) is 0 Å². The van der Waals surface area contributed by atoms with E-state index in [1.807, 2.05) is 6.92 Å². The smallest absolute Gasteiger partial charge is 0.309 e. The molecule has 1 aromatic rings. The first-order valence-electron chi connectivity index (χ1n) is 7.11. The van der Waals surface area contributed by atoms with Gasteiger partial charge in [-0.2, -0.15) is 5.26 Å². The van der Waals surface area contributed by atoms with Crippen LogP contribution in [0.25, 0.3) is 0 Å². The summed E-state index contributed by atoms with van der Waals surface area (Å²) in [6.45, 7) is 1.70. The summed E-state index contributed by atoms with van der Waals surface area (Å²) in [6.07, 6.45) is 3.79. The average Bonchev–Trinajstić information content (AvgIpc) is 2.87. The van der Waals surface area contributed by atoms with Crippen molar-refractivity contribution in [1.29, 1.82) is 5.26 Å². The molecule has 1 aromatic heterocycles. The highest BCUT2D eigenvalue weighted by molar-refractivity contribution is 7.16. The molecule has 0 bridgehead atoms. The summed E-state index contributed by atoms with van der Waals surface area (Å²) in [5.41, 5.74) is 1.64. The van der Waals surface area contributed by atoms with Gasteiger partial charge in [0.2, 0.25) is 0 Å². The maximum Gasteiger partial charge on any atom is 0.309 e. The standard InChI is InChI=1S/C15H16N2O3S/c1-8-5-10(8)15(19)20-7-13(18)17-14-11(6-16)9-3-2-4-12(9)21-14/h8,10H,2-5,7H2,1H3,(H,17,18)/t8-,10-/m0/s1. The molecular weight excluding hydrogens is 288 g/mol. The highest BCUT2D eigenvalue weighted by atomic mass is 32.1. The van der Waals surface area contributed by atoms with Gasteiger partial charge in [0.05, 0.1) is 11.5 Å². The largest absolute Gasteiger partial charge is 0.455 e. The van der Waals surface area contributed by atoms with Gasteiger partial charge in [-0.25, -0.2) is 0 Å². The first-order chi connectivity index (χ1) is 10.1. The predicted octanol–water partition coefficient (Wildman–Crippen LogP) is 2.25. The lowest BCUT2D eigenvalue weighted by atomic mass is 10.1. The van der Waals surface area contributed by atoms with Gasteiger partial charge < -0.3 is 10.1 Å². The molecule has 0 spiro atoms. The van der Waals surface area contributed by atoms with Crippen LogP contribution in [-0.2, 0) is 27.2 Å². The number of carbonyl (C=O) groups excluding carboxylic acids is 2. The molecule has 0 saturated heterocycles. The lowest BCUT2D eigenvalue weighted by Crippen LogP contribution is -2.21. The van der Waals surface area contributed by atoms with Crippen LogP contribution in [0.1, 0.15) is 35.8 Å². The van der Waals surface area contributed by atoms with Crippen LogP contribution in [0.15, 0.2) is 0 Å². The number of fused-ring (bicyclic) bond motifs is 1. The minimum Gasteiger partial charge on any atom is -0.455 e. The second-order valence-corrected chi connectivity index (χ2v) is 6.75. The van der Waals surface area contributed by atoms with Crippen LogP contribution in [0.5, 0.6) is 0 Å². The van der Waals surface area contributed by atoms with Crippen molar-refractivity contribution >= 4 is 28.2 Å². The quantitative estimate of drug-likeness (QED) is 0.865. The second kappa shape index (κ2) is 5.49. The molecule has 5 nitrogen and oxygen atoms in total. The van der Waals surface area contributed by atoms with Crippen LogP contribution >= 0.6 is 11.3 Å². The van der Waals surface area contributed by atoms with Gasteiger partial charge in [-0.15, -0.1) is 11.3 Å². The molecule has 2 atom stereocenters. The molecule has 2 aliphatic rings. The molecule has 0 aromatic carbocycles. The molecule has 110 valence electrons. The number of ether oxygens (including phenoxy) is 1. The summed E-state index contributed by atoms with van der Waals surface area (Å²) in [6, 6.07) is 2.17. The van der Waals surface area contributed by atoms with Crippen molar-refractivity contribution in [2.45, 2.75) is 32.6 Å². The first-order valence-corrected chi connectivity index (χ1v) is 7.93. The summed E-state index contributed by atoms with van der Waals surface area (Å²) in [4.78, 5) is 24.6. The van der Waals surface area contributed by atoms with E-state index in [0.717, 1.165) is 31.2 Å². The van der Waals surface area contributed by atoms with E-state index in [9.17, 15) is 14.9 Å². The SMILES string of the molecule is C[C@H]1C[C@@H]1C(=O)OCC(=O)Nc1sc2c(c1C#N)CCC2. The highest BCUT2D eigenvalue weighted by Crippen LogP contribution is 2.39. The highest BCUT2D eigenvalue weighted by Gasteiger charge is 2.40. The van der Waals surface area contributed by atoms with Gasteiger partial charge in [0, 0.05) is 4.88 Å². The van der Waals surface area contributed by atoms with Gasteiger partial charge in [0.15, 0.2) is 6.61 Å². The van der Waals surface area contributed by atoms with Crippen LogP contribution < -0.4 is 5.32 Å². The molecule has 1 fully saturated rings. The Labute approximate surface area is 126 Å². The van der Waals surface area contributed by atoms with Crippen LogP contribution in [-0.4, -0.2) is 18.5 Å². The van der Waals surface area contributed by atoms with Crippen molar-refractivity contribution < 1.29 is 14.3 Å². The minimum absolute atomic E-state index is 0.0435. The van der Waals surface area contributed by atoms with Crippen molar-refractivity contribution in [2.75, 3.05) is 11.9 Å². The van der Waals surface area contributed by atoms with Crippen molar-refractivity contribution in [3.8, 4) is 6.07 Å². The Balaban J connectivity index is 1.58. The monoisotopic (exact) mass is 304 g/mol. The zero-order chi connectivity index (χ0) is 15.0. The number of nitriles is 1. The van der Waals surface area contributed by atoms with Crippen LogP contribution in [0.4, 0.5) is 5.00 Å². The lowest BCUT2D eigenvalue weighted by Gasteiger charge is -2.05. The average molecular weight is 304 g/mol. The summed E-state index contributed by atoms with van der Waals surface area (Å²) in [7, 11) is 0. The minimum atomic E-state index is -0.381. The number of thiophene rings is 1. The molecule has 1 saturated carbocycles. The summed E-state index contributed by atoms with van der Waals surface area (Å²) >= 11 is 1.46. The molecule has 3 rings (SSSR count). The van der Waals surface area contributed by atoms with E-state index in [2.05, 4.69) is 11.4 Å². The molecule has 2 aliphatic carbocycles. The third-order valence-electron chi connectivity index (χ3n) is 4.04. The summed E-state index contributed by atoms with van der Waals surface area (Å²) in [5.74, 6) is -0.357. The van der Waals surface area contributed by atoms with Gasteiger partial charge in [-0.05, 0) is 37.2 Å². The van der Waals surface area contributed by atoms with Gasteiger partial charge in [0.1, 0.15) is 11.1 Å². The van der Waals surface area contributed by atoms with E-state index < -0.39 is 0 Å². The summed E-state index contributed by atoms with van der Waals surface area (Å²) < 4.78 is 4.99. The number of carbonyl (C=O) groups is 2. The predicted molar refractivity (Wildman–Crippen MR) is 77.9 cm³/mol. The molecule has 0 unspecified atom stereocenters. The van der Waals surface area contributed by atoms with Gasteiger partial charge in [-0.3, -0.25) is 9.59 Å². The first kappa shape index (κ1) is 14.1. The molecule has 6 heteroatoms. The van der Waals surface area contributed by atoms with Crippen molar-refractivity contribution in [3.05, 3.63) is 16.0 Å². The lowest BCUT2D eigenvalue weighted by molar-refractivity contribution is -0.148. The number of esters is 1. The number of hydrogen-bond donors (Lipinski definition) is 1. The normalized spacial score (nSPS) is 22.3. The number of nitrogens with zero attached hydrogens (tertiary/aromatic N) is 1. The van der Waals surface area contributed by atoms with Crippen LogP contribution in [0.3, 0.4) is 0 Å².